The summed E-state index contributed by atoms with van der Waals surface area (Å²) in [7, 11) is 0. The van der Waals surface area contributed by atoms with Gasteiger partial charge in [0.05, 0.1) is 21.6 Å². The van der Waals surface area contributed by atoms with Crippen LogP contribution in [0.25, 0.3) is 10.2 Å². The van der Waals surface area contributed by atoms with Gasteiger partial charge in [0.1, 0.15) is 4.83 Å². The van der Waals surface area contributed by atoms with E-state index >= 15 is 0 Å². The number of nitrogen functional groups attached to an aromatic ring is 1. The molecule has 0 aliphatic carbocycles. The predicted molar refractivity (Wildman–Crippen MR) is 145 cm³/mol. The molecule has 1 saturated heterocycles. The van der Waals surface area contributed by atoms with Crippen LogP contribution >= 0.6 is 23.1 Å². The van der Waals surface area contributed by atoms with Crippen LogP contribution in [0.15, 0.2) is 28.2 Å². The van der Waals surface area contributed by atoms with E-state index < -0.39 is 10.8 Å². The minimum Gasteiger partial charge on any atom is -0.376 e. The van der Waals surface area contributed by atoms with E-state index in [1.54, 1.807) is 6.92 Å². The van der Waals surface area contributed by atoms with Gasteiger partial charge in [-0.25, -0.2) is 9.66 Å². The molecule has 1 aliphatic rings. The van der Waals surface area contributed by atoms with E-state index in [2.05, 4.69) is 15.6 Å². The third-order valence-corrected chi connectivity index (χ3v) is 8.75. The smallest absolute Gasteiger partial charge is 0.281 e. The van der Waals surface area contributed by atoms with Gasteiger partial charge in [0, 0.05) is 18.8 Å². The summed E-state index contributed by atoms with van der Waals surface area (Å²) in [6.45, 7) is 8.72. The van der Waals surface area contributed by atoms with Crippen LogP contribution in [-0.2, 0) is 9.53 Å². The Bertz CT molecular complexity index is 1360. The van der Waals surface area contributed by atoms with E-state index in [9.17, 15) is 14.4 Å². The van der Waals surface area contributed by atoms with Gasteiger partial charge in [-0.2, -0.15) is 0 Å². The number of rotatable bonds is 8. The van der Waals surface area contributed by atoms with Crippen molar-refractivity contribution in [2.45, 2.75) is 63.5 Å². The van der Waals surface area contributed by atoms with Crippen LogP contribution in [-0.4, -0.2) is 46.0 Å². The molecule has 36 heavy (non-hydrogen) atoms. The molecule has 0 radical (unpaired) electrons. The Labute approximate surface area is 217 Å². The van der Waals surface area contributed by atoms with Gasteiger partial charge in [-0.1, -0.05) is 36.4 Å². The number of thiophene rings is 1. The van der Waals surface area contributed by atoms with E-state index in [1.165, 1.54) is 0 Å². The van der Waals surface area contributed by atoms with Crippen molar-refractivity contribution in [1.29, 1.82) is 0 Å². The van der Waals surface area contributed by atoms with Crippen LogP contribution in [0, 0.1) is 20.8 Å². The minimum atomic E-state index is -0.473. The average Bonchev–Trinajstić information content (AvgIpc) is 3.48. The zero-order valence-corrected chi connectivity index (χ0v) is 22.5. The summed E-state index contributed by atoms with van der Waals surface area (Å²) in [5.41, 5.74) is 2.85. The van der Waals surface area contributed by atoms with Gasteiger partial charge in [0.25, 0.3) is 11.5 Å². The summed E-state index contributed by atoms with van der Waals surface area (Å²) in [4.78, 5) is 44.4. The first-order chi connectivity index (χ1) is 17.2. The number of nitrogens with one attached hydrogen (secondary N) is 2. The predicted octanol–water partition coefficient (Wildman–Crippen LogP) is 3.52. The van der Waals surface area contributed by atoms with Gasteiger partial charge in [0.2, 0.25) is 5.91 Å². The molecule has 1 fully saturated rings. The van der Waals surface area contributed by atoms with Gasteiger partial charge in [-0.15, -0.1) is 11.3 Å². The highest BCUT2D eigenvalue weighted by molar-refractivity contribution is 8.00. The van der Waals surface area contributed by atoms with E-state index in [-0.39, 0.29) is 23.1 Å². The summed E-state index contributed by atoms with van der Waals surface area (Å²) < 4.78 is 6.54. The first-order valence-electron chi connectivity index (χ1n) is 11.9. The highest BCUT2D eigenvalue weighted by Gasteiger charge is 2.26. The Balaban J connectivity index is 1.57. The standard InChI is InChI=1S/C25H31N5O4S2/c1-5-18(21(31)27-12-16-7-6-10-34-16)35-25-29-23-19(24(33)30(25)26)15(4)20(36-23)22(32)28-17-9-8-13(2)11-14(17)3/h8-9,11,16,18H,5-7,10,12,26H2,1-4H3,(H,27,31)(H,28,32)/t16-,18-/m0/s1. The van der Waals surface area contributed by atoms with Crippen molar-refractivity contribution in [3.8, 4) is 0 Å². The summed E-state index contributed by atoms with van der Waals surface area (Å²) in [5.74, 6) is 5.65. The highest BCUT2D eigenvalue weighted by Crippen LogP contribution is 2.31. The fourth-order valence-corrected chi connectivity index (χ4v) is 6.27. The Morgan fingerprint density at radius 3 is 2.78 bits per heavy atom. The SMILES string of the molecule is CC[C@H](Sc1nc2sc(C(=O)Nc3ccc(C)cc3C)c(C)c2c(=O)n1N)C(=O)NC[C@@H]1CCCO1. The molecule has 0 unspecified atom stereocenters. The normalized spacial score (nSPS) is 16.3. The monoisotopic (exact) mass is 529 g/mol. The number of carbonyl (C=O) groups is 2. The number of nitrogens with zero attached hydrogens (tertiary/aromatic N) is 2. The van der Waals surface area contributed by atoms with Crippen molar-refractivity contribution in [2.75, 3.05) is 24.3 Å². The Kier molecular flexibility index (Phi) is 8.01. The molecule has 192 valence electrons. The second-order valence-corrected chi connectivity index (χ2v) is 11.1. The number of thioether (sulfide) groups is 1. The van der Waals surface area contributed by atoms with E-state index in [0.29, 0.717) is 39.3 Å². The first kappa shape index (κ1) is 26.2. The van der Waals surface area contributed by atoms with Crippen molar-refractivity contribution < 1.29 is 14.3 Å². The van der Waals surface area contributed by atoms with Gasteiger partial charge in [-0.05, 0) is 57.2 Å². The van der Waals surface area contributed by atoms with Crippen molar-refractivity contribution in [1.82, 2.24) is 15.0 Å². The fraction of sp³-hybridized carbons (Fsp3) is 0.440. The topological polar surface area (TPSA) is 128 Å². The van der Waals surface area contributed by atoms with E-state index in [1.807, 2.05) is 39.0 Å². The number of carbonyl (C=O) groups excluding carboxylic acids is 2. The van der Waals surface area contributed by atoms with Gasteiger partial charge in [-0.3, -0.25) is 14.4 Å². The number of benzene rings is 1. The van der Waals surface area contributed by atoms with Crippen LogP contribution in [0.5, 0.6) is 0 Å². The molecule has 3 heterocycles. The molecule has 2 atom stereocenters. The lowest BCUT2D eigenvalue weighted by molar-refractivity contribution is -0.121. The Morgan fingerprint density at radius 1 is 1.33 bits per heavy atom. The zero-order chi connectivity index (χ0) is 26.0. The fourth-order valence-electron chi connectivity index (χ4n) is 4.19. The lowest BCUT2D eigenvalue weighted by Crippen LogP contribution is -2.38. The molecular formula is C25H31N5O4S2. The van der Waals surface area contributed by atoms with Crippen LogP contribution in [0.1, 0.15) is 52.5 Å². The van der Waals surface area contributed by atoms with Crippen LogP contribution in [0.3, 0.4) is 0 Å². The maximum absolute atomic E-state index is 13.1. The highest BCUT2D eigenvalue weighted by atomic mass is 32.2. The van der Waals surface area contributed by atoms with Crippen molar-refractivity contribution in [3.05, 3.63) is 50.1 Å². The molecular weight excluding hydrogens is 498 g/mol. The van der Waals surface area contributed by atoms with Crippen LogP contribution < -0.4 is 22.0 Å². The maximum atomic E-state index is 13.1. The van der Waals surface area contributed by atoms with Gasteiger partial charge in [0.15, 0.2) is 5.16 Å². The number of fused-ring (bicyclic) bond motifs is 1. The van der Waals surface area contributed by atoms with Crippen molar-refractivity contribution >= 4 is 50.8 Å². The Hall–Kier alpha value is -2.89. The molecule has 3 aromatic rings. The van der Waals surface area contributed by atoms with E-state index in [4.69, 9.17) is 10.6 Å². The second kappa shape index (κ2) is 11.0. The number of nitrogens with two attached hydrogens (primary N) is 1. The third kappa shape index (κ3) is 5.42. The summed E-state index contributed by atoms with van der Waals surface area (Å²) in [5, 5.41) is 5.94. The number of aromatic nitrogens is 2. The van der Waals surface area contributed by atoms with Gasteiger partial charge >= 0.3 is 0 Å². The number of hydrogen-bond donors (Lipinski definition) is 3. The lowest BCUT2D eigenvalue weighted by Gasteiger charge is -2.17. The first-order valence-corrected chi connectivity index (χ1v) is 13.6. The molecule has 0 spiro atoms. The van der Waals surface area contributed by atoms with E-state index in [0.717, 1.165) is 58.4 Å². The van der Waals surface area contributed by atoms with Crippen LogP contribution in [0.2, 0.25) is 0 Å². The molecule has 9 nitrogen and oxygen atoms in total. The molecule has 2 aromatic heterocycles. The average molecular weight is 530 g/mol. The number of hydrogen-bond acceptors (Lipinski definition) is 8. The second-order valence-electron chi connectivity index (χ2n) is 8.97. The number of amides is 2. The largest absolute Gasteiger partial charge is 0.376 e. The summed E-state index contributed by atoms with van der Waals surface area (Å²) >= 11 is 2.29. The molecule has 11 heteroatoms. The molecule has 4 N–H and O–H groups in total. The number of anilines is 1. The maximum Gasteiger partial charge on any atom is 0.281 e. The summed E-state index contributed by atoms with van der Waals surface area (Å²) in [6, 6.07) is 5.78. The molecule has 2 amide bonds. The van der Waals surface area contributed by atoms with Gasteiger partial charge < -0.3 is 21.2 Å². The molecule has 0 saturated carbocycles. The Morgan fingerprint density at radius 2 is 2.11 bits per heavy atom. The number of aryl methyl sites for hydroxylation is 3. The molecule has 0 bridgehead atoms. The lowest BCUT2D eigenvalue weighted by atomic mass is 10.1. The minimum absolute atomic E-state index is 0.0426. The zero-order valence-electron chi connectivity index (χ0n) is 20.8. The summed E-state index contributed by atoms with van der Waals surface area (Å²) in [6.07, 6.45) is 2.51. The number of ether oxygens (including phenoxy) is 1. The molecule has 4 rings (SSSR count). The van der Waals surface area contributed by atoms with Crippen molar-refractivity contribution in [2.24, 2.45) is 0 Å². The molecule has 1 aliphatic heterocycles. The quantitative estimate of drug-likeness (QED) is 0.231. The van der Waals surface area contributed by atoms with Crippen molar-refractivity contribution in [3.63, 3.8) is 0 Å². The third-order valence-electron chi connectivity index (χ3n) is 6.24. The molecule has 1 aromatic carbocycles. The van der Waals surface area contributed by atoms with Crippen LogP contribution in [0.4, 0.5) is 5.69 Å².